The molecular weight excluding hydrogens is 274 g/mol. The predicted molar refractivity (Wildman–Crippen MR) is 81.5 cm³/mol. The zero-order chi connectivity index (χ0) is 14.5. The van der Waals surface area contributed by atoms with Crippen molar-refractivity contribution < 1.29 is 9.53 Å². The molecule has 1 aromatic rings. The van der Waals surface area contributed by atoms with Gasteiger partial charge >= 0.3 is 5.97 Å². The molecule has 1 N–H and O–H groups in total. The molecule has 1 aromatic heterocycles. The topological polar surface area (TPSA) is 54.5 Å². The summed E-state index contributed by atoms with van der Waals surface area (Å²) in [6.45, 7) is 5.22. The first-order valence-corrected chi connectivity index (χ1v) is 7.90. The molecule has 1 aliphatic heterocycles. The van der Waals surface area contributed by atoms with Gasteiger partial charge in [0.25, 0.3) is 0 Å². The van der Waals surface area contributed by atoms with Gasteiger partial charge in [-0.05, 0) is 52.2 Å². The van der Waals surface area contributed by atoms with Gasteiger partial charge in [0.1, 0.15) is 0 Å². The lowest BCUT2D eigenvalue weighted by Gasteiger charge is -2.28. The number of nitrogens with one attached hydrogen (secondary N) is 1. The number of nitrogens with zero attached hydrogens (tertiary/aromatic N) is 2. The third-order valence-electron chi connectivity index (χ3n) is 3.84. The molecule has 6 heteroatoms. The number of hydrogen-bond acceptors (Lipinski definition) is 6. The van der Waals surface area contributed by atoms with Gasteiger partial charge in [0.15, 0.2) is 10.8 Å². The van der Waals surface area contributed by atoms with Crippen molar-refractivity contribution in [3.63, 3.8) is 0 Å². The van der Waals surface area contributed by atoms with Crippen molar-refractivity contribution in [3.05, 3.63) is 10.6 Å². The molecule has 1 saturated heterocycles. The number of ether oxygens (including phenoxy) is 1. The number of likely N-dealkylation sites (tertiary alicyclic amines) is 1. The number of hydrogen-bond donors (Lipinski definition) is 1. The van der Waals surface area contributed by atoms with Gasteiger partial charge in [-0.3, -0.25) is 0 Å². The van der Waals surface area contributed by atoms with E-state index in [-0.39, 0.29) is 5.97 Å². The maximum Gasteiger partial charge on any atom is 0.357 e. The highest BCUT2D eigenvalue weighted by Gasteiger charge is 2.18. The highest BCUT2D eigenvalue weighted by Crippen LogP contribution is 2.24. The maximum atomic E-state index is 11.5. The molecule has 2 heterocycles. The molecule has 0 aromatic carbocycles. The van der Waals surface area contributed by atoms with Crippen molar-refractivity contribution in [3.8, 4) is 0 Å². The number of esters is 1. The number of carbonyl (C=O) groups is 1. The molecule has 20 heavy (non-hydrogen) atoms. The monoisotopic (exact) mass is 297 g/mol. The number of rotatable bonds is 5. The smallest absolute Gasteiger partial charge is 0.357 e. The summed E-state index contributed by atoms with van der Waals surface area (Å²) < 4.78 is 4.71. The lowest BCUT2D eigenvalue weighted by molar-refractivity contribution is 0.0594. The molecule has 0 unspecified atom stereocenters. The number of piperidine rings is 1. The van der Waals surface area contributed by atoms with E-state index >= 15 is 0 Å². The van der Waals surface area contributed by atoms with Crippen LogP contribution in [0.15, 0.2) is 0 Å². The highest BCUT2D eigenvalue weighted by atomic mass is 32.1. The third kappa shape index (κ3) is 3.93. The van der Waals surface area contributed by atoms with E-state index < -0.39 is 0 Å². The van der Waals surface area contributed by atoms with Crippen molar-refractivity contribution >= 4 is 22.4 Å². The fourth-order valence-corrected chi connectivity index (χ4v) is 3.32. The molecule has 112 valence electrons. The Labute approximate surface area is 124 Å². The summed E-state index contributed by atoms with van der Waals surface area (Å²) >= 11 is 1.51. The average molecular weight is 297 g/mol. The Morgan fingerprint density at radius 2 is 2.20 bits per heavy atom. The van der Waals surface area contributed by atoms with Gasteiger partial charge in [-0.2, -0.15) is 0 Å². The maximum absolute atomic E-state index is 11.5. The van der Waals surface area contributed by atoms with Crippen molar-refractivity contribution in [1.29, 1.82) is 0 Å². The van der Waals surface area contributed by atoms with Gasteiger partial charge in [0.2, 0.25) is 0 Å². The Balaban J connectivity index is 1.78. The van der Waals surface area contributed by atoms with E-state index in [1.54, 1.807) is 0 Å². The molecule has 5 nitrogen and oxygen atoms in total. The zero-order valence-corrected chi connectivity index (χ0v) is 13.3. The minimum atomic E-state index is -0.359. The van der Waals surface area contributed by atoms with Gasteiger partial charge in [0.05, 0.1) is 7.11 Å². The van der Waals surface area contributed by atoms with Crippen molar-refractivity contribution in [1.82, 2.24) is 9.88 Å². The van der Waals surface area contributed by atoms with E-state index in [1.807, 2.05) is 6.92 Å². The summed E-state index contributed by atoms with van der Waals surface area (Å²) in [5, 5.41) is 4.14. The molecule has 0 atom stereocenters. The third-order valence-corrected chi connectivity index (χ3v) is 4.77. The number of anilines is 1. The Morgan fingerprint density at radius 3 is 2.85 bits per heavy atom. The molecule has 0 saturated carbocycles. The van der Waals surface area contributed by atoms with E-state index in [9.17, 15) is 4.79 Å². The van der Waals surface area contributed by atoms with Gasteiger partial charge < -0.3 is 15.0 Å². The van der Waals surface area contributed by atoms with Gasteiger partial charge in [-0.25, -0.2) is 9.78 Å². The number of aromatic nitrogens is 1. The Bertz CT molecular complexity index is 453. The first-order valence-electron chi connectivity index (χ1n) is 7.08. The molecule has 1 aliphatic rings. The van der Waals surface area contributed by atoms with Crippen LogP contribution in [-0.2, 0) is 4.74 Å². The Morgan fingerprint density at radius 1 is 1.50 bits per heavy atom. The minimum absolute atomic E-state index is 0.359. The van der Waals surface area contributed by atoms with E-state index in [0.29, 0.717) is 5.69 Å². The molecule has 0 aliphatic carbocycles. The van der Waals surface area contributed by atoms with Crippen LogP contribution in [0.4, 0.5) is 5.13 Å². The largest absolute Gasteiger partial charge is 0.464 e. The fourth-order valence-electron chi connectivity index (χ4n) is 2.49. The van der Waals surface area contributed by atoms with Crippen LogP contribution in [0.3, 0.4) is 0 Å². The van der Waals surface area contributed by atoms with Crippen LogP contribution in [0.5, 0.6) is 0 Å². The summed E-state index contributed by atoms with van der Waals surface area (Å²) in [6, 6.07) is 0. The number of thiazole rings is 1. The molecule has 1 fully saturated rings. The van der Waals surface area contributed by atoms with Crippen LogP contribution in [0.1, 0.15) is 34.6 Å². The number of carbonyl (C=O) groups excluding carboxylic acids is 1. The summed E-state index contributed by atoms with van der Waals surface area (Å²) in [7, 11) is 3.56. The second-order valence-electron chi connectivity index (χ2n) is 5.38. The van der Waals surface area contributed by atoms with Gasteiger partial charge in [0, 0.05) is 11.4 Å². The van der Waals surface area contributed by atoms with Crippen LogP contribution in [0.2, 0.25) is 0 Å². The zero-order valence-electron chi connectivity index (χ0n) is 12.4. The molecule has 2 rings (SSSR count). The second kappa shape index (κ2) is 7.04. The normalized spacial score (nSPS) is 17.1. The second-order valence-corrected chi connectivity index (χ2v) is 6.58. The van der Waals surface area contributed by atoms with Crippen molar-refractivity contribution in [2.45, 2.75) is 26.2 Å². The van der Waals surface area contributed by atoms with Crippen molar-refractivity contribution in [2.75, 3.05) is 39.1 Å². The van der Waals surface area contributed by atoms with Crippen LogP contribution < -0.4 is 5.32 Å². The molecule has 0 spiro atoms. The van der Waals surface area contributed by atoms with Gasteiger partial charge in [-0.1, -0.05) is 0 Å². The standard InChI is InChI=1S/C14H23N3O2S/c1-10-12(13(18)19-3)16-14(20-10)15-7-4-11-5-8-17(2)9-6-11/h11H,4-9H2,1-3H3,(H,15,16). The summed E-state index contributed by atoms with van der Waals surface area (Å²) in [5.41, 5.74) is 0.430. The summed E-state index contributed by atoms with van der Waals surface area (Å²) in [5.74, 6) is 0.446. The van der Waals surface area contributed by atoms with E-state index in [2.05, 4.69) is 22.2 Å². The average Bonchev–Trinajstić information content (AvgIpc) is 2.81. The van der Waals surface area contributed by atoms with Crippen LogP contribution in [-0.4, -0.2) is 49.6 Å². The van der Waals surface area contributed by atoms with Crippen LogP contribution >= 0.6 is 11.3 Å². The van der Waals surface area contributed by atoms with Crippen molar-refractivity contribution in [2.24, 2.45) is 5.92 Å². The van der Waals surface area contributed by atoms with E-state index in [0.717, 1.165) is 22.5 Å². The lowest BCUT2D eigenvalue weighted by atomic mass is 9.94. The van der Waals surface area contributed by atoms with E-state index in [1.165, 1.54) is 50.8 Å². The SMILES string of the molecule is COC(=O)c1nc(NCCC2CCN(C)CC2)sc1C. The first kappa shape index (κ1) is 15.3. The fraction of sp³-hybridized carbons (Fsp3) is 0.714. The summed E-state index contributed by atoms with van der Waals surface area (Å²) in [4.78, 5) is 19.1. The number of aryl methyl sites for hydroxylation is 1. The van der Waals surface area contributed by atoms with Gasteiger partial charge in [-0.15, -0.1) is 11.3 Å². The first-order chi connectivity index (χ1) is 9.60. The highest BCUT2D eigenvalue weighted by molar-refractivity contribution is 7.15. The van der Waals surface area contributed by atoms with Crippen LogP contribution in [0.25, 0.3) is 0 Å². The molecule has 0 amide bonds. The molecule has 0 bridgehead atoms. The lowest BCUT2D eigenvalue weighted by Crippen LogP contribution is -2.30. The van der Waals surface area contributed by atoms with Crippen LogP contribution in [0, 0.1) is 12.8 Å². The molecule has 0 radical (unpaired) electrons. The minimum Gasteiger partial charge on any atom is -0.464 e. The Hall–Kier alpha value is -1.14. The number of methoxy groups -OCH3 is 1. The van der Waals surface area contributed by atoms with E-state index in [4.69, 9.17) is 4.74 Å². The summed E-state index contributed by atoms with van der Waals surface area (Å²) in [6.07, 6.45) is 3.73. The quantitative estimate of drug-likeness (QED) is 0.846. The molecular formula is C14H23N3O2S. The Kier molecular flexibility index (Phi) is 5.37. The predicted octanol–water partition coefficient (Wildman–Crippen LogP) is 2.38.